The molecule has 0 saturated heterocycles. The van der Waals surface area contributed by atoms with E-state index in [9.17, 15) is 19.4 Å². The third-order valence-electron chi connectivity index (χ3n) is 6.41. The lowest BCUT2D eigenvalue weighted by Crippen LogP contribution is -2.25. The number of ether oxygens (including phenoxy) is 1. The molecule has 0 saturated carbocycles. The van der Waals surface area contributed by atoms with E-state index in [1.807, 2.05) is 52.9 Å². The first-order valence-electron chi connectivity index (χ1n) is 12.4. The number of halogens is 2. The SMILES string of the molecule is O=c1[nH]c(-c2ccc(OC[C@H](O)CO)cc2)c(O)n1[C@@H](Cc1ccccc1)c1ncc(-c2ccc(I)cc2F)[nH]1. The Balaban J connectivity index is 1.51. The Morgan fingerprint density at radius 1 is 1.05 bits per heavy atom. The number of benzene rings is 3. The van der Waals surface area contributed by atoms with Gasteiger partial charge in [0, 0.05) is 21.1 Å². The molecule has 0 bridgehead atoms. The Hall–Kier alpha value is -3.94. The minimum atomic E-state index is -1.00. The van der Waals surface area contributed by atoms with Crippen LogP contribution >= 0.6 is 22.6 Å². The predicted molar refractivity (Wildman–Crippen MR) is 156 cm³/mol. The molecule has 2 atom stereocenters. The summed E-state index contributed by atoms with van der Waals surface area (Å²) in [5.41, 5.74) is 1.90. The van der Waals surface area contributed by atoms with Gasteiger partial charge in [0.05, 0.1) is 18.5 Å². The standard InChI is InChI=1S/C29H26FIN4O5/c30-23-13-19(31)8-11-22(23)24-14-32-27(33-24)25(12-17-4-2-1-3-5-17)35-28(38)26(34-29(35)39)18-6-9-21(10-7-18)40-16-20(37)15-36/h1-11,13-14,20,25,36-38H,12,15-16H2,(H,32,33)(H,34,39)/t20-,25+/m1/s1. The Morgan fingerprint density at radius 2 is 1.80 bits per heavy atom. The van der Waals surface area contributed by atoms with Crippen LogP contribution in [-0.4, -0.2) is 54.2 Å². The van der Waals surface area contributed by atoms with Crippen molar-refractivity contribution >= 4 is 22.6 Å². The Bertz CT molecular complexity index is 1650. The number of nitrogens with zero attached hydrogens (tertiary/aromatic N) is 2. The fourth-order valence-corrected chi connectivity index (χ4v) is 4.84. The largest absolute Gasteiger partial charge is 0.493 e. The second-order valence-corrected chi connectivity index (χ2v) is 10.4. The number of imidazole rings is 2. The average molecular weight is 656 g/mol. The highest BCUT2D eigenvalue weighted by molar-refractivity contribution is 14.1. The average Bonchev–Trinajstić information content (AvgIpc) is 3.55. The summed E-state index contributed by atoms with van der Waals surface area (Å²) in [6.45, 7) is -0.492. The van der Waals surface area contributed by atoms with E-state index in [-0.39, 0.29) is 18.2 Å². The van der Waals surface area contributed by atoms with Gasteiger partial charge < -0.3 is 30.0 Å². The molecule has 3 aromatic carbocycles. The van der Waals surface area contributed by atoms with Gasteiger partial charge in [0.25, 0.3) is 0 Å². The van der Waals surface area contributed by atoms with Crippen LogP contribution in [0.1, 0.15) is 17.4 Å². The van der Waals surface area contributed by atoms with Crippen molar-refractivity contribution in [2.75, 3.05) is 13.2 Å². The number of aliphatic hydroxyl groups excluding tert-OH is 2. The highest BCUT2D eigenvalue weighted by Gasteiger charge is 2.26. The molecule has 206 valence electrons. The number of aromatic amines is 2. The van der Waals surface area contributed by atoms with Crippen molar-refractivity contribution in [2.45, 2.75) is 18.6 Å². The third kappa shape index (κ3) is 5.96. The van der Waals surface area contributed by atoms with Crippen LogP contribution in [0.4, 0.5) is 4.39 Å². The molecular formula is C29H26FIN4O5. The topological polar surface area (TPSA) is 136 Å². The molecular weight excluding hydrogens is 630 g/mol. The molecule has 11 heteroatoms. The number of aromatic hydroxyl groups is 1. The van der Waals surface area contributed by atoms with Gasteiger partial charge in [0.15, 0.2) is 0 Å². The Labute approximate surface area is 242 Å². The summed E-state index contributed by atoms with van der Waals surface area (Å²) in [5.74, 6) is 0.147. The van der Waals surface area contributed by atoms with Crippen molar-refractivity contribution in [1.29, 1.82) is 0 Å². The van der Waals surface area contributed by atoms with Crippen molar-refractivity contribution in [3.05, 3.63) is 110 Å². The van der Waals surface area contributed by atoms with Gasteiger partial charge in [-0.3, -0.25) is 4.57 Å². The highest BCUT2D eigenvalue weighted by Crippen LogP contribution is 2.33. The molecule has 0 aliphatic carbocycles. The Morgan fingerprint density at radius 3 is 2.50 bits per heavy atom. The first-order valence-corrected chi connectivity index (χ1v) is 13.5. The maximum absolute atomic E-state index is 14.7. The van der Waals surface area contributed by atoms with E-state index in [1.54, 1.807) is 36.4 Å². The quantitative estimate of drug-likeness (QED) is 0.143. The molecule has 40 heavy (non-hydrogen) atoms. The first-order chi connectivity index (χ1) is 19.3. The van der Waals surface area contributed by atoms with Crippen LogP contribution in [0.3, 0.4) is 0 Å². The van der Waals surface area contributed by atoms with Crippen LogP contribution in [0.5, 0.6) is 11.6 Å². The fraction of sp³-hybridized carbons (Fsp3) is 0.172. The minimum absolute atomic E-state index is 0.0767. The van der Waals surface area contributed by atoms with Crippen LogP contribution in [0.2, 0.25) is 0 Å². The molecule has 9 nitrogen and oxygen atoms in total. The molecule has 5 rings (SSSR count). The van der Waals surface area contributed by atoms with Crippen LogP contribution in [-0.2, 0) is 6.42 Å². The molecule has 0 fully saturated rings. The number of H-pyrrole nitrogens is 2. The number of rotatable bonds is 10. The summed E-state index contributed by atoms with van der Waals surface area (Å²) < 4.78 is 22.1. The molecule has 0 unspecified atom stereocenters. The lowest BCUT2D eigenvalue weighted by atomic mass is 10.0. The van der Waals surface area contributed by atoms with Crippen molar-refractivity contribution < 1.29 is 24.4 Å². The molecule has 0 amide bonds. The smallest absolute Gasteiger partial charge is 0.329 e. The van der Waals surface area contributed by atoms with Gasteiger partial charge in [0.2, 0.25) is 5.88 Å². The van der Waals surface area contributed by atoms with Crippen molar-refractivity contribution in [1.82, 2.24) is 19.5 Å². The molecule has 2 aromatic heterocycles. The van der Waals surface area contributed by atoms with Crippen LogP contribution in [0.15, 0.2) is 83.8 Å². The summed E-state index contributed by atoms with van der Waals surface area (Å²) >= 11 is 2.04. The summed E-state index contributed by atoms with van der Waals surface area (Å²) in [6, 6.07) is 20.2. The van der Waals surface area contributed by atoms with Crippen LogP contribution < -0.4 is 10.4 Å². The van der Waals surface area contributed by atoms with Gasteiger partial charge in [-0.05, 0) is 70.6 Å². The van der Waals surface area contributed by atoms with E-state index >= 15 is 0 Å². The zero-order chi connectivity index (χ0) is 28.2. The molecule has 0 aliphatic rings. The normalized spacial score (nSPS) is 12.8. The summed E-state index contributed by atoms with van der Waals surface area (Å²) in [5, 5.41) is 29.7. The maximum Gasteiger partial charge on any atom is 0.329 e. The summed E-state index contributed by atoms with van der Waals surface area (Å²) in [7, 11) is 0. The molecule has 2 heterocycles. The molecule has 0 spiro atoms. The summed E-state index contributed by atoms with van der Waals surface area (Å²) in [4.78, 5) is 23.6. The number of hydrogen-bond donors (Lipinski definition) is 5. The van der Waals surface area contributed by atoms with Gasteiger partial charge in [-0.2, -0.15) is 0 Å². The first kappa shape index (κ1) is 27.6. The van der Waals surface area contributed by atoms with Crippen molar-refractivity contribution in [2.24, 2.45) is 0 Å². The fourth-order valence-electron chi connectivity index (χ4n) is 4.39. The second kappa shape index (κ2) is 12.1. The lowest BCUT2D eigenvalue weighted by Gasteiger charge is -2.17. The van der Waals surface area contributed by atoms with Crippen LogP contribution in [0, 0.1) is 9.39 Å². The van der Waals surface area contributed by atoms with Gasteiger partial charge in [-0.15, -0.1) is 0 Å². The van der Waals surface area contributed by atoms with E-state index in [1.165, 1.54) is 16.8 Å². The van der Waals surface area contributed by atoms with E-state index in [0.717, 1.165) is 9.13 Å². The zero-order valence-electron chi connectivity index (χ0n) is 21.1. The number of hydrogen-bond acceptors (Lipinski definition) is 6. The van der Waals surface area contributed by atoms with Gasteiger partial charge >= 0.3 is 5.69 Å². The van der Waals surface area contributed by atoms with E-state index < -0.39 is 30.3 Å². The maximum atomic E-state index is 14.7. The van der Waals surface area contributed by atoms with Crippen molar-refractivity contribution in [3.8, 4) is 34.1 Å². The summed E-state index contributed by atoms with van der Waals surface area (Å²) in [6.07, 6.45) is 0.842. The van der Waals surface area contributed by atoms with Crippen LogP contribution in [0.25, 0.3) is 22.5 Å². The van der Waals surface area contributed by atoms with E-state index in [2.05, 4.69) is 15.0 Å². The predicted octanol–water partition coefficient (Wildman–Crippen LogP) is 4.25. The van der Waals surface area contributed by atoms with E-state index in [0.29, 0.717) is 34.8 Å². The monoisotopic (exact) mass is 656 g/mol. The zero-order valence-corrected chi connectivity index (χ0v) is 23.2. The van der Waals surface area contributed by atoms with Gasteiger partial charge in [0.1, 0.15) is 41.8 Å². The molecule has 5 N–H and O–H groups in total. The second-order valence-electron chi connectivity index (χ2n) is 9.18. The minimum Gasteiger partial charge on any atom is -0.493 e. The number of nitrogens with one attached hydrogen (secondary N) is 2. The van der Waals surface area contributed by atoms with Crippen molar-refractivity contribution in [3.63, 3.8) is 0 Å². The Kier molecular flexibility index (Phi) is 8.33. The van der Waals surface area contributed by atoms with Gasteiger partial charge in [-0.1, -0.05) is 30.3 Å². The lowest BCUT2D eigenvalue weighted by molar-refractivity contribution is 0.0536. The highest BCUT2D eigenvalue weighted by atomic mass is 127. The number of aromatic nitrogens is 4. The molecule has 5 aromatic rings. The molecule has 0 radical (unpaired) electrons. The van der Waals surface area contributed by atoms with Gasteiger partial charge in [-0.25, -0.2) is 14.2 Å². The third-order valence-corrected chi connectivity index (χ3v) is 7.09. The molecule has 0 aliphatic heterocycles. The number of aliphatic hydroxyl groups is 2. The van der Waals surface area contributed by atoms with E-state index in [4.69, 9.17) is 9.84 Å².